The van der Waals surface area contributed by atoms with Gasteiger partial charge in [-0.05, 0) is 36.6 Å². The minimum absolute atomic E-state index is 0.0110. The second-order valence-electron chi connectivity index (χ2n) is 6.96. The maximum Gasteiger partial charge on any atom is 0.323 e. The molecule has 0 spiro atoms. The molecular weight excluding hydrogens is 214 g/mol. The second-order valence-corrected chi connectivity index (χ2v) is 6.96. The second kappa shape index (κ2) is 5.38. The Morgan fingerprint density at radius 3 is 2.59 bits per heavy atom. The molecule has 0 radical (unpaired) electrons. The molecule has 0 saturated carbocycles. The number of carbonyl (C=O) groups excluding carboxylic acids is 1. The van der Waals surface area contributed by atoms with Crippen molar-refractivity contribution in [3.8, 4) is 0 Å². The summed E-state index contributed by atoms with van der Waals surface area (Å²) in [6.07, 6.45) is 3.13. The van der Waals surface area contributed by atoms with Crippen LogP contribution in [0.5, 0.6) is 0 Å². The number of ether oxygens (including phenoxy) is 1. The molecule has 1 saturated heterocycles. The molecule has 0 aliphatic carbocycles. The van der Waals surface area contributed by atoms with Crippen LogP contribution in [0.4, 0.5) is 0 Å². The first-order chi connectivity index (χ1) is 7.72. The molecule has 1 aliphatic heterocycles. The van der Waals surface area contributed by atoms with Gasteiger partial charge in [-0.1, -0.05) is 34.6 Å². The monoisotopic (exact) mass is 241 g/mol. The average molecular weight is 241 g/mol. The third-order valence-corrected chi connectivity index (χ3v) is 3.46. The van der Waals surface area contributed by atoms with Crippen molar-refractivity contribution in [2.24, 2.45) is 10.8 Å². The normalized spacial score (nSPS) is 24.4. The quantitative estimate of drug-likeness (QED) is 0.772. The number of nitrogens with one attached hydrogen (secondary N) is 1. The molecule has 0 aromatic carbocycles. The molecule has 0 amide bonds. The molecule has 3 heteroatoms. The van der Waals surface area contributed by atoms with Crippen LogP contribution in [0.25, 0.3) is 0 Å². The molecule has 1 heterocycles. The molecule has 1 fully saturated rings. The fourth-order valence-corrected chi connectivity index (χ4v) is 2.15. The van der Waals surface area contributed by atoms with Gasteiger partial charge in [0.15, 0.2) is 0 Å². The predicted octanol–water partition coefficient (Wildman–Crippen LogP) is 2.74. The first-order valence-corrected chi connectivity index (χ1v) is 6.62. The summed E-state index contributed by atoms with van der Waals surface area (Å²) in [6, 6.07) is -0.142. The van der Waals surface area contributed by atoms with E-state index in [2.05, 4.69) is 39.9 Å². The molecule has 1 aliphatic rings. The lowest BCUT2D eigenvalue weighted by Gasteiger charge is -2.37. The number of hydrogen-bond donors (Lipinski definition) is 1. The van der Waals surface area contributed by atoms with E-state index in [-0.39, 0.29) is 22.8 Å². The van der Waals surface area contributed by atoms with Crippen molar-refractivity contribution < 1.29 is 9.53 Å². The van der Waals surface area contributed by atoms with Crippen molar-refractivity contribution in [2.45, 2.75) is 59.9 Å². The lowest BCUT2D eigenvalue weighted by atomic mass is 9.77. The highest BCUT2D eigenvalue weighted by atomic mass is 16.5. The van der Waals surface area contributed by atoms with E-state index in [0.29, 0.717) is 6.61 Å². The van der Waals surface area contributed by atoms with Crippen LogP contribution in [0.15, 0.2) is 0 Å². The van der Waals surface area contributed by atoms with Crippen LogP contribution >= 0.6 is 0 Å². The van der Waals surface area contributed by atoms with Gasteiger partial charge >= 0.3 is 5.97 Å². The Labute approximate surface area is 105 Å². The van der Waals surface area contributed by atoms with Gasteiger partial charge in [-0.3, -0.25) is 4.79 Å². The van der Waals surface area contributed by atoms with Crippen molar-refractivity contribution in [1.82, 2.24) is 5.32 Å². The van der Waals surface area contributed by atoms with E-state index >= 15 is 0 Å². The molecule has 1 unspecified atom stereocenters. The average Bonchev–Trinajstić information content (AvgIpc) is 2.14. The number of carbonyl (C=O) groups is 1. The Balaban J connectivity index is 2.41. The maximum atomic E-state index is 12.0. The molecule has 17 heavy (non-hydrogen) atoms. The van der Waals surface area contributed by atoms with E-state index in [1.807, 2.05) is 0 Å². The molecule has 0 aromatic rings. The Hall–Kier alpha value is -0.570. The van der Waals surface area contributed by atoms with Crippen molar-refractivity contribution in [3.63, 3.8) is 0 Å². The molecule has 0 bridgehead atoms. The maximum absolute atomic E-state index is 12.0. The van der Waals surface area contributed by atoms with Crippen molar-refractivity contribution in [2.75, 3.05) is 13.2 Å². The lowest BCUT2D eigenvalue weighted by Crippen LogP contribution is -2.52. The minimum atomic E-state index is -0.142. The standard InChI is InChI=1S/C14H27NO2/c1-13(2,3)8-10-17-12(16)11-14(4,5)7-6-9-15-11/h11,15H,6-10H2,1-5H3. The van der Waals surface area contributed by atoms with Gasteiger partial charge in [0.05, 0.1) is 6.61 Å². The zero-order chi connectivity index (χ0) is 13.1. The molecule has 0 aromatic heterocycles. The Morgan fingerprint density at radius 1 is 1.41 bits per heavy atom. The van der Waals surface area contributed by atoms with Crippen LogP contribution in [-0.2, 0) is 9.53 Å². The smallest absolute Gasteiger partial charge is 0.323 e. The van der Waals surface area contributed by atoms with Gasteiger partial charge in [0.2, 0.25) is 0 Å². The number of piperidine rings is 1. The summed E-state index contributed by atoms with van der Waals surface area (Å²) < 4.78 is 5.39. The van der Waals surface area contributed by atoms with Gasteiger partial charge < -0.3 is 10.1 Å². The molecule has 3 nitrogen and oxygen atoms in total. The highest BCUT2D eigenvalue weighted by Gasteiger charge is 2.38. The van der Waals surface area contributed by atoms with Crippen molar-refractivity contribution >= 4 is 5.97 Å². The van der Waals surface area contributed by atoms with Crippen LogP contribution in [0.1, 0.15) is 53.9 Å². The van der Waals surface area contributed by atoms with Crippen molar-refractivity contribution in [1.29, 1.82) is 0 Å². The molecule has 1 rings (SSSR count). The highest BCUT2D eigenvalue weighted by molar-refractivity contribution is 5.77. The largest absolute Gasteiger partial charge is 0.464 e. The van der Waals surface area contributed by atoms with E-state index in [1.54, 1.807) is 0 Å². The van der Waals surface area contributed by atoms with E-state index in [9.17, 15) is 4.79 Å². The van der Waals surface area contributed by atoms with E-state index < -0.39 is 0 Å². The summed E-state index contributed by atoms with van der Waals surface area (Å²) in [6.45, 7) is 12.2. The minimum Gasteiger partial charge on any atom is -0.464 e. The topological polar surface area (TPSA) is 38.3 Å². The first-order valence-electron chi connectivity index (χ1n) is 6.62. The Bertz CT molecular complexity index is 266. The van der Waals surface area contributed by atoms with Gasteiger partial charge in [0.1, 0.15) is 6.04 Å². The van der Waals surface area contributed by atoms with Crippen molar-refractivity contribution in [3.05, 3.63) is 0 Å². The van der Waals surface area contributed by atoms with Gasteiger partial charge in [0, 0.05) is 0 Å². The third kappa shape index (κ3) is 4.66. The predicted molar refractivity (Wildman–Crippen MR) is 69.8 cm³/mol. The summed E-state index contributed by atoms with van der Waals surface area (Å²) in [5, 5.41) is 3.28. The summed E-state index contributed by atoms with van der Waals surface area (Å²) in [7, 11) is 0. The van der Waals surface area contributed by atoms with Gasteiger partial charge in [-0.25, -0.2) is 0 Å². The van der Waals surface area contributed by atoms with E-state index in [4.69, 9.17) is 4.74 Å². The van der Waals surface area contributed by atoms with E-state index in [0.717, 1.165) is 25.8 Å². The van der Waals surface area contributed by atoms with Crippen LogP contribution in [0.3, 0.4) is 0 Å². The van der Waals surface area contributed by atoms with Crippen LogP contribution in [0, 0.1) is 10.8 Å². The number of esters is 1. The number of rotatable bonds is 3. The summed E-state index contributed by atoms with van der Waals surface area (Å²) in [5.41, 5.74) is 0.229. The molecule has 1 atom stereocenters. The van der Waals surface area contributed by atoms with E-state index in [1.165, 1.54) is 0 Å². The van der Waals surface area contributed by atoms with Crippen LogP contribution in [-0.4, -0.2) is 25.2 Å². The fraction of sp³-hybridized carbons (Fsp3) is 0.929. The first kappa shape index (κ1) is 14.5. The van der Waals surface area contributed by atoms with Crippen LogP contribution < -0.4 is 5.32 Å². The molecular formula is C14H27NO2. The zero-order valence-electron chi connectivity index (χ0n) is 11.9. The summed E-state index contributed by atoms with van der Waals surface area (Å²) in [4.78, 5) is 12.0. The zero-order valence-corrected chi connectivity index (χ0v) is 11.9. The number of hydrogen-bond acceptors (Lipinski definition) is 3. The Morgan fingerprint density at radius 2 is 2.06 bits per heavy atom. The summed E-state index contributed by atoms with van der Waals surface area (Å²) in [5.74, 6) is -0.0843. The SMILES string of the molecule is CC(C)(C)CCOC(=O)C1NCCCC1(C)C. The molecule has 1 N–H and O–H groups in total. The summed E-state index contributed by atoms with van der Waals surface area (Å²) >= 11 is 0. The third-order valence-electron chi connectivity index (χ3n) is 3.46. The van der Waals surface area contributed by atoms with Crippen LogP contribution in [0.2, 0.25) is 0 Å². The molecule has 100 valence electrons. The lowest BCUT2D eigenvalue weighted by molar-refractivity contribution is -0.151. The fourth-order valence-electron chi connectivity index (χ4n) is 2.15. The van der Waals surface area contributed by atoms with Gasteiger partial charge in [-0.15, -0.1) is 0 Å². The van der Waals surface area contributed by atoms with Gasteiger partial charge in [-0.2, -0.15) is 0 Å². The highest BCUT2D eigenvalue weighted by Crippen LogP contribution is 2.30. The Kier molecular flexibility index (Phi) is 4.59. The van der Waals surface area contributed by atoms with Gasteiger partial charge in [0.25, 0.3) is 0 Å².